The second kappa shape index (κ2) is 9.68. The van der Waals surface area contributed by atoms with Gasteiger partial charge >= 0.3 is 24.3 Å². The van der Waals surface area contributed by atoms with E-state index in [1.165, 1.54) is 18.2 Å². The number of carbonyl (C=O) groups is 2. The van der Waals surface area contributed by atoms with Crippen molar-refractivity contribution in [2.45, 2.75) is 12.3 Å². The molecule has 0 fully saturated rings. The SMILES string of the molecule is O=C(OCC=Cc1ccccc1)c1ccccc1C(=O)OCC(F)(F)C(F)F. The first kappa shape index (κ1) is 21.1. The van der Waals surface area contributed by atoms with Crippen molar-refractivity contribution >= 4 is 18.0 Å². The van der Waals surface area contributed by atoms with Crippen LogP contribution in [0.3, 0.4) is 0 Å². The van der Waals surface area contributed by atoms with Gasteiger partial charge in [-0.15, -0.1) is 0 Å². The lowest BCUT2D eigenvalue weighted by Crippen LogP contribution is -2.33. The maximum atomic E-state index is 12.9. The van der Waals surface area contributed by atoms with E-state index in [4.69, 9.17) is 4.74 Å². The maximum Gasteiger partial charge on any atom is 0.340 e. The number of esters is 2. The van der Waals surface area contributed by atoms with Gasteiger partial charge in [0.1, 0.15) is 6.61 Å². The van der Waals surface area contributed by atoms with Crippen LogP contribution in [0.1, 0.15) is 26.3 Å². The third-order valence-electron chi connectivity index (χ3n) is 3.50. The van der Waals surface area contributed by atoms with Crippen LogP contribution in [0.15, 0.2) is 60.7 Å². The van der Waals surface area contributed by atoms with Crippen LogP contribution in [-0.2, 0) is 9.47 Å². The molecule has 0 bridgehead atoms. The van der Waals surface area contributed by atoms with Crippen LogP contribution >= 0.6 is 0 Å². The van der Waals surface area contributed by atoms with Gasteiger partial charge in [-0.05, 0) is 23.8 Å². The monoisotopic (exact) mass is 396 g/mol. The zero-order valence-corrected chi connectivity index (χ0v) is 14.5. The Labute approximate surface area is 158 Å². The summed E-state index contributed by atoms with van der Waals surface area (Å²) in [6, 6.07) is 14.4. The summed E-state index contributed by atoms with van der Waals surface area (Å²) >= 11 is 0. The zero-order valence-electron chi connectivity index (χ0n) is 14.5. The van der Waals surface area contributed by atoms with Gasteiger partial charge in [0.25, 0.3) is 0 Å². The van der Waals surface area contributed by atoms with E-state index in [0.29, 0.717) is 0 Å². The fourth-order valence-corrected chi connectivity index (χ4v) is 2.09. The van der Waals surface area contributed by atoms with Crippen LogP contribution in [0.25, 0.3) is 6.08 Å². The van der Waals surface area contributed by atoms with Crippen molar-refractivity contribution in [1.29, 1.82) is 0 Å². The third-order valence-corrected chi connectivity index (χ3v) is 3.50. The number of hydrogen-bond acceptors (Lipinski definition) is 4. The molecule has 28 heavy (non-hydrogen) atoms. The van der Waals surface area contributed by atoms with E-state index in [1.54, 1.807) is 12.2 Å². The predicted octanol–water partition coefficient (Wildman–Crippen LogP) is 4.61. The summed E-state index contributed by atoms with van der Waals surface area (Å²) in [4.78, 5) is 24.1. The minimum atomic E-state index is -4.48. The molecule has 0 radical (unpaired) electrons. The first-order chi connectivity index (χ1) is 13.3. The van der Waals surface area contributed by atoms with Gasteiger partial charge in [0, 0.05) is 0 Å². The summed E-state index contributed by atoms with van der Waals surface area (Å²) in [5.74, 6) is -6.69. The molecular weight excluding hydrogens is 380 g/mol. The van der Waals surface area contributed by atoms with E-state index in [0.717, 1.165) is 11.6 Å². The van der Waals surface area contributed by atoms with Crippen LogP contribution in [0, 0.1) is 0 Å². The summed E-state index contributed by atoms with van der Waals surface area (Å²) in [5, 5.41) is 0. The van der Waals surface area contributed by atoms with Crippen molar-refractivity contribution in [3.63, 3.8) is 0 Å². The van der Waals surface area contributed by atoms with Gasteiger partial charge in [0.2, 0.25) is 0 Å². The summed E-state index contributed by atoms with van der Waals surface area (Å²) in [7, 11) is 0. The van der Waals surface area contributed by atoms with Crippen molar-refractivity contribution in [2.24, 2.45) is 0 Å². The predicted molar refractivity (Wildman–Crippen MR) is 93.4 cm³/mol. The Morgan fingerprint density at radius 1 is 0.893 bits per heavy atom. The van der Waals surface area contributed by atoms with E-state index >= 15 is 0 Å². The van der Waals surface area contributed by atoms with Gasteiger partial charge < -0.3 is 9.47 Å². The highest BCUT2D eigenvalue weighted by Gasteiger charge is 2.42. The molecule has 2 rings (SSSR count). The standard InChI is InChI=1S/C20H16F4O4/c21-19(22)20(23,24)13-28-18(26)16-11-5-4-10-15(16)17(25)27-12-6-9-14-7-2-1-3-8-14/h1-11,19H,12-13H2. The molecule has 0 spiro atoms. The maximum absolute atomic E-state index is 12.9. The molecule has 8 heteroatoms. The number of carbonyl (C=O) groups excluding carboxylic acids is 2. The van der Waals surface area contributed by atoms with Crippen LogP contribution in [0.5, 0.6) is 0 Å². The molecule has 0 aliphatic rings. The molecule has 0 amide bonds. The van der Waals surface area contributed by atoms with Crippen LogP contribution in [-0.4, -0.2) is 37.5 Å². The molecule has 2 aromatic rings. The topological polar surface area (TPSA) is 52.6 Å². The molecule has 0 N–H and O–H groups in total. The Morgan fingerprint density at radius 3 is 2.00 bits per heavy atom. The minimum Gasteiger partial charge on any atom is -0.458 e. The van der Waals surface area contributed by atoms with Crippen molar-refractivity contribution in [3.05, 3.63) is 77.4 Å². The van der Waals surface area contributed by atoms with Crippen molar-refractivity contribution in [3.8, 4) is 0 Å². The molecule has 0 aliphatic carbocycles. The molecule has 0 saturated carbocycles. The van der Waals surface area contributed by atoms with Crippen molar-refractivity contribution < 1.29 is 36.6 Å². The lowest BCUT2D eigenvalue weighted by molar-refractivity contribution is -0.155. The highest BCUT2D eigenvalue weighted by Crippen LogP contribution is 2.23. The molecule has 0 unspecified atom stereocenters. The average Bonchev–Trinajstić information content (AvgIpc) is 2.70. The molecular formula is C20H16F4O4. The Kier molecular flexibility index (Phi) is 7.31. The highest BCUT2D eigenvalue weighted by atomic mass is 19.3. The normalized spacial score (nSPS) is 11.6. The summed E-state index contributed by atoms with van der Waals surface area (Å²) in [6.07, 6.45) is -0.672. The van der Waals surface area contributed by atoms with Crippen LogP contribution in [0.4, 0.5) is 17.6 Å². The van der Waals surface area contributed by atoms with E-state index < -0.39 is 30.9 Å². The fraction of sp³-hybridized carbons (Fsp3) is 0.200. The molecule has 0 saturated heterocycles. The van der Waals surface area contributed by atoms with Crippen LogP contribution in [0.2, 0.25) is 0 Å². The Hall–Kier alpha value is -3.16. The van der Waals surface area contributed by atoms with Crippen molar-refractivity contribution in [1.82, 2.24) is 0 Å². The first-order valence-electron chi connectivity index (χ1n) is 8.12. The number of halogens is 4. The summed E-state index contributed by atoms with van der Waals surface area (Å²) in [5.41, 5.74) is 0.313. The number of rotatable bonds is 8. The molecule has 2 aromatic carbocycles. The Bertz CT molecular complexity index is 835. The number of ether oxygens (including phenoxy) is 2. The van der Waals surface area contributed by atoms with E-state index in [-0.39, 0.29) is 17.7 Å². The van der Waals surface area contributed by atoms with E-state index in [2.05, 4.69) is 4.74 Å². The summed E-state index contributed by atoms with van der Waals surface area (Å²) in [6.45, 7) is -1.90. The first-order valence-corrected chi connectivity index (χ1v) is 8.12. The quantitative estimate of drug-likeness (QED) is 0.483. The Morgan fingerprint density at radius 2 is 1.43 bits per heavy atom. The van der Waals surface area contributed by atoms with Crippen molar-refractivity contribution in [2.75, 3.05) is 13.2 Å². The lowest BCUT2D eigenvalue weighted by Gasteiger charge is -2.15. The van der Waals surface area contributed by atoms with Gasteiger partial charge in [0.15, 0.2) is 6.61 Å². The van der Waals surface area contributed by atoms with Gasteiger partial charge in [-0.3, -0.25) is 0 Å². The number of hydrogen-bond donors (Lipinski definition) is 0. The van der Waals surface area contributed by atoms with Gasteiger partial charge in [-0.25, -0.2) is 18.4 Å². The summed E-state index contributed by atoms with van der Waals surface area (Å²) < 4.78 is 59.4. The molecule has 0 heterocycles. The Balaban J connectivity index is 1.99. The molecule has 0 aliphatic heterocycles. The van der Waals surface area contributed by atoms with Crippen LogP contribution < -0.4 is 0 Å². The molecule has 4 nitrogen and oxygen atoms in total. The molecule has 148 valence electrons. The second-order valence-corrected chi connectivity index (χ2v) is 5.59. The fourth-order valence-electron chi connectivity index (χ4n) is 2.09. The van der Waals surface area contributed by atoms with Gasteiger partial charge in [0.05, 0.1) is 11.1 Å². The third kappa shape index (κ3) is 5.94. The molecule has 0 atom stereocenters. The van der Waals surface area contributed by atoms with Gasteiger partial charge in [-0.2, -0.15) is 8.78 Å². The largest absolute Gasteiger partial charge is 0.458 e. The molecule has 0 aromatic heterocycles. The smallest absolute Gasteiger partial charge is 0.340 e. The van der Waals surface area contributed by atoms with E-state index in [1.807, 2.05) is 30.3 Å². The van der Waals surface area contributed by atoms with Gasteiger partial charge in [-0.1, -0.05) is 48.5 Å². The lowest BCUT2D eigenvalue weighted by atomic mass is 10.1. The second-order valence-electron chi connectivity index (χ2n) is 5.59. The zero-order chi connectivity index (χ0) is 20.6. The van der Waals surface area contributed by atoms with E-state index in [9.17, 15) is 27.2 Å². The number of benzene rings is 2. The average molecular weight is 396 g/mol. The minimum absolute atomic E-state index is 0.0967. The highest BCUT2D eigenvalue weighted by molar-refractivity contribution is 6.03. The number of alkyl halides is 4.